The summed E-state index contributed by atoms with van der Waals surface area (Å²) < 4.78 is 18.5. The van der Waals surface area contributed by atoms with Crippen molar-refractivity contribution in [1.82, 2.24) is 77.5 Å². The summed E-state index contributed by atoms with van der Waals surface area (Å²) in [6, 6.07) is -8.41. The van der Waals surface area contributed by atoms with Crippen LogP contribution in [0.2, 0.25) is 0 Å². The number of benzene rings is 1. The lowest BCUT2D eigenvalue weighted by Gasteiger charge is -2.39. The number of nitrogens with one attached hydrogen (secondary N) is 9. The van der Waals surface area contributed by atoms with Crippen LogP contribution in [-0.2, 0) is 96.0 Å². The number of allylic oxidation sites excluding steroid dienone is 7. The van der Waals surface area contributed by atoms with E-state index in [-0.39, 0.29) is 98.4 Å². The molecular weight excluding hydrogens is 1580 g/mol. The summed E-state index contributed by atoms with van der Waals surface area (Å²) in [5.74, 6) is -21.2. The van der Waals surface area contributed by atoms with Gasteiger partial charge in [-0.25, -0.2) is 24.4 Å². The van der Waals surface area contributed by atoms with Gasteiger partial charge in [0.15, 0.2) is 11.2 Å². The second kappa shape index (κ2) is 47.0. The number of aryl methyl sites for hydroxylation is 1. The predicted molar refractivity (Wildman–Crippen MR) is 419 cm³/mol. The molecule has 0 radical (unpaired) electrons. The van der Waals surface area contributed by atoms with Gasteiger partial charge in [-0.1, -0.05) is 78.8 Å². The van der Waals surface area contributed by atoms with Crippen molar-refractivity contribution in [2.75, 3.05) is 17.7 Å². The first-order valence-electron chi connectivity index (χ1n) is 37.9. The van der Waals surface area contributed by atoms with Crippen LogP contribution in [0.1, 0.15) is 140 Å². The second-order valence-corrected chi connectivity index (χ2v) is 28.5. The maximum Gasteiger partial charge on any atom is 0.407 e. The molecule has 2 unspecified atom stereocenters. The highest BCUT2D eigenvalue weighted by atomic mass is 16.6. The van der Waals surface area contributed by atoms with Crippen molar-refractivity contribution in [3.8, 4) is 5.88 Å². The van der Waals surface area contributed by atoms with Crippen LogP contribution in [0.5, 0.6) is 5.88 Å². The van der Waals surface area contributed by atoms with E-state index in [0.717, 1.165) is 11.1 Å². The normalized spacial score (nSPS) is 18.4. The van der Waals surface area contributed by atoms with Crippen LogP contribution in [0.25, 0.3) is 11.2 Å². The first kappa shape index (κ1) is 95.2. The van der Waals surface area contributed by atoms with Crippen LogP contribution >= 0.6 is 0 Å². The van der Waals surface area contributed by atoms with E-state index in [1.54, 1.807) is 30.4 Å². The summed E-state index contributed by atoms with van der Waals surface area (Å²) in [4.78, 5) is 209. The van der Waals surface area contributed by atoms with Gasteiger partial charge in [0.1, 0.15) is 42.4 Å². The fraction of sp³-hybridized carbons (Fsp3) is 0.468. The highest BCUT2D eigenvalue weighted by Gasteiger charge is 2.40. The van der Waals surface area contributed by atoms with Gasteiger partial charge in [-0.2, -0.15) is 9.97 Å². The fourth-order valence-corrected chi connectivity index (χ4v) is 12.3. The van der Waals surface area contributed by atoms with E-state index in [1.807, 2.05) is 79.3 Å². The Bertz CT molecular complexity index is 4560. The highest BCUT2D eigenvalue weighted by Crippen LogP contribution is 2.29. The van der Waals surface area contributed by atoms with Crippen molar-refractivity contribution in [2.45, 2.75) is 211 Å². The Labute approximate surface area is 685 Å². The number of carbonyl (C=O) groups excluding carboxylic acids is 9. The number of carboxylic acids is 6. The molecule has 8 amide bonds. The van der Waals surface area contributed by atoms with Crippen LogP contribution in [0.4, 0.5) is 16.4 Å². The molecule has 0 spiro atoms. The zero-order chi connectivity index (χ0) is 88.4. The molecule has 0 saturated carbocycles. The Balaban J connectivity index is 0.994. The van der Waals surface area contributed by atoms with Crippen molar-refractivity contribution >= 4 is 112 Å². The minimum absolute atomic E-state index is 0.0266. The van der Waals surface area contributed by atoms with Crippen molar-refractivity contribution in [3.63, 3.8) is 0 Å². The topological polar surface area (TPSA) is 662 Å². The first-order valence-corrected chi connectivity index (χ1v) is 37.9. The molecule has 0 bridgehead atoms. The molecule has 2 aliphatic heterocycles. The summed E-state index contributed by atoms with van der Waals surface area (Å²) in [6.45, 7) is 11.1. The van der Waals surface area contributed by atoms with Gasteiger partial charge < -0.3 is 109 Å². The first-order chi connectivity index (χ1) is 56.8. The van der Waals surface area contributed by atoms with Gasteiger partial charge in [0, 0.05) is 67.7 Å². The summed E-state index contributed by atoms with van der Waals surface area (Å²) in [5, 5.41) is 108. The Morgan fingerprint density at radius 1 is 0.700 bits per heavy atom. The lowest BCUT2D eigenvalue weighted by atomic mass is 9.87. The monoisotopic (exact) mass is 1680 g/mol. The molecule has 19 N–H and O–H groups in total. The number of aromatic hydroxyl groups is 1. The number of anilines is 2. The van der Waals surface area contributed by atoms with E-state index in [1.165, 1.54) is 42.2 Å². The fourth-order valence-electron chi connectivity index (χ4n) is 12.3. The molecule has 14 atom stereocenters. The van der Waals surface area contributed by atoms with Crippen LogP contribution in [0, 0.1) is 11.8 Å². The van der Waals surface area contributed by atoms with E-state index >= 15 is 0 Å². The quantitative estimate of drug-likeness (QED) is 0.0166. The number of aliphatic hydroxyl groups excluding tert-OH is 1. The van der Waals surface area contributed by atoms with E-state index in [9.17, 15) is 113 Å². The average Bonchev–Trinajstić information content (AvgIpc) is 0.882. The number of aliphatic hydroxyl groups is 1. The summed E-state index contributed by atoms with van der Waals surface area (Å²) >= 11 is 0. The van der Waals surface area contributed by atoms with Gasteiger partial charge in [0.2, 0.25) is 47.3 Å². The van der Waals surface area contributed by atoms with E-state index in [4.69, 9.17) is 19.9 Å². The number of cyclic esters (lactones) is 1. The predicted octanol–water partition coefficient (Wildman–Crippen LogP) is 0.928. The average molecular weight is 1680 g/mol. The molecule has 4 aromatic rings. The molecule has 5 heterocycles. The van der Waals surface area contributed by atoms with Crippen molar-refractivity contribution in [3.05, 3.63) is 126 Å². The Hall–Kier alpha value is -13.6. The smallest absolute Gasteiger partial charge is 0.407 e. The Morgan fingerprint density at radius 3 is 1.82 bits per heavy atom. The van der Waals surface area contributed by atoms with Gasteiger partial charge in [-0.15, -0.1) is 5.10 Å². The van der Waals surface area contributed by atoms with Crippen LogP contribution in [0.15, 0.2) is 109 Å². The number of aliphatic carboxylic acids is 6. The molecule has 6 rings (SSSR count). The largest absolute Gasteiger partial charge is 0.492 e. The zero-order valence-electron chi connectivity index (χ0n) is 66.3. The molecule has 120 heavy (non-hydrogen) atoms. The number of rotatable bonds is 47. The number of ether oxygens (including phenoxy) is 3. The van der Waals surface area contributed by atoms with Gasteiger partial charge in [-0.3, -0.25) is 62.2 Å². The van der Waals surface area contributed by atoms with E-state index < -0.39 is 194 Å². The number of aromatic nitrogens is 7. The molecule has 1 aromatic carbocycles. The third-order valence-corrected chi connectivity index (χ3v) is 18.4. The number of esters is 1. The summed E-state index contributed by atoms with van der Waals surface area (Å²) in [6.07, 6.45) is 12.0. The minimum Gasteiger partial charge on any atom is -0.492 e. The minimum atomic E-state index is -2.37. The maximum atomic E-state index is 13.8. The third-order valence-electron chi connectivity index (χ3n) is 18.4. The van der Waals surface area contributed by atoms with Crippen molar-refractivity contribution in [2.24, 2.45) is 11.8 Å². The summed E-state index contributed by atoms with van der Waals surface area (Å²) in [5.41, 5.74) is 9.15. The van der Waals surface area contributed by atoms with E-state index in [0.29, 0.717) is 29.9 Å². The number of nitrogens with two attached hydrogens (primary N) is 1. The molecule has 648 valence electrons. The number of fused-ring (bicyclic) bond motifs is 1. The Morgan fingerprint density at radius 2 is 1.27 bits per heavy atom. The number of amides is 8. The van der Waals surface area contributed by atoms with Crippen molar-refractivity contribution in [1.29, 1.82) is 0 Å². The number of carbonyl (C=O) groups is 15. The third kappa shape index (κ3) is 32.8. The van der Waals surface area contributed by atoms with Gasteiger partial charge in [0.05, 0.1) is 87.2 Å². The van der Waals surface area contributed by atoms with E-state index in [2.05, 4.69) is 69.8 Å². The Kier molecular flexibility index (Phi) is 37.3. The zero-order valence-corrected chi connectivity index (χ0v) is 66.3. The number of alkyl carbamates (subject to hydrolysis) is 1. The van der Waals surface area contributed by atoms with Gasteiger partial charge in [0.25, 0.3) is 5.91 Å². The maximum absolute atomic E-state index is 13.8. The number of hydrogen-bond acceptors (Lipinski definition) is 28. The number of carboxylic acid groups (broad SMARTS) is 6. The highest BCUT2D eigenvalue weighted by molar-refractivity contribution is 6.00. The van der Waals surface area contributed by atoms with Crippen LogP contribution in [-0.4, -0.2) is 244 Å². The molecule has 0 aliphatic carbocycles. The van der Waals surface area contributed by atoms with Crippen molar-refractivity contribution < 1.29 is 127 Å². The molecule has 1 fully saturated rings. The SMILES string of the molecule is C/C=C/[C@@H]1O[C@H](C(/C=C/C=C(\C)C[C@@H](C)/C=C(C)\C=C\C2CC=CC(=O)O2)NC(=O)OCCc2cn(CCC[C@H](NC(=O)[C@@H](CC(=O)O)NC(=O)[C@@H](CC(=O)O)NC(=O)[C@@H](CC(=O)O)NC(=O)[C@@H](CC(=O)O)NC(=O)[C@@H](CC(=O)O)NC(=O)CC[C@@H](C)NC(=O)c3ccc(NCc4cnc5nc(N)nc(O)c5n4)cc3)C(=O)O)nn2)C[C@@H](O)[C@@H]1C. The number of nitrogen functional groups attached to an aromatic ring is 1. The second-order valence-electron chi connectivity index (χ2n) is 28.5. The molecular formula is C77H99N17O26. The van der Waals surface area contributed by atoms with Gasteiger partial charge in [-0.05, 0) is 89.6 Å². The molecule has 1 saturated heterocycles. The lowest BCUT2D eigenvalue weighted by Crippen LogP contribution is -2.60. The number of nitrogens with zero attached hydrogens (tertiary/aromatic N) is 7. The van der Waals surface area contributed by atoms with Crippen LogP contribution < -0.4 is 53.6 Å². The molecule has 43 nitrogen and oxygen atoms in total. The number of hydrogen-bond donors (Lipinski definition) is 18. The lowest BCUT2D eigenvalue weighted by molar-refractivity contribution is -0.145. The molecule has 2 aliphatic rings. The molecule has 3 aromatic heterocycles. The summed E-state index contributed by atoms with van der Waals surface area (Å²) in [7, 11) is 0. The molecule has 43 heteroatoms. The standard InChI is InChI=1S/C77H99N17O26/c1-7-11-57-43(6)56(95)35-58(120-57)49(14-8-12-39(2)28-41(4)29-40(3)17-23-48-13-9-16-65(107)119-48)89-77(117)118-27-25-46-38-94(93-92-46)26-10-15-50(75(115)116)84-70(110)52(31-61(99)100)86-72(112)54(33-63(103)104)88-73(113)55(34-64(105)106)87-71(111)53(32-62(101)102)85-69(109)51(30-60(97)98)83-59(96)24-18-42(5)81-68(108)44-19-21-45(22-20-44)79-36-47-37-80-67-66(82-47)74(114)91-76(78)90-67/h7-9,11-12,14,16-17,19-23,29,37-38,41-43,48-58,79,95H,10,13,15,18,24-28,30-36H2,1-6H3,(H,81,108)(H,83,96)(H,84,110)(H,85,109)(H,86,112)(H,87,111)(H,88,113)(H,89,117)(H,97,98)(H,99,100)(H,101,102)(H,103,104)(H,105,106)(H,115,116)(H3,78,80,90,91,114)/b11-7+,14-8+,23-17+,39-12+,40-29-/t41-,42-,43+,48?,49?,50+,51-,52-,53-,54-,55-,56-,57+,58+/m1/s1. The van der Waals surface area contributed by atoms with Crippen LogP contribution in [0.3, 0.4) is 0 Å². The van der Waals surface area contributed by atoms with Gasteiger partial charge >= 0.3 is 47.9 Å².